The summed E-state index contributed by atoms with van der Waals surface area (Å²) in [5, 5.41) is 27.3. The number of aliphatic hydroxyl groups is 2. The van der Waals surface area contributed by atoms with E-state index in [1.807, 2.05) is 0 Å². The van der Waals surface area contributed by atoms with Crippen LogP contribution in [0.15, 0.2) is 25.3 Å². The van der Waals surface area contributed by atoms with Crippen LogP contribution in [0.3, 0.4) is 0 Å². The maximum atomic E-state index is 16.3. The van der Waals surface area contributed by atoms with E-state index in [0.29, 0.717) is 0 Å². The van der Waals surface area contributed by atoms with Gasteiger partial charge in [-0.15, -0.1) is 0 Å². The Hall–Kier alpha value is -2.60. The molecule has 4 aromatic heterocycles. The van der Waals surface area contributed by atoms with E-state index in [9.17, 15) is 19.3 Å². The van der Waals surface area contributed by atoms with Gasteiger partial charge in [0.05, 0.1) is 38.1 Å². The van der Waals surface area contributed by atoms with E-state index in [2.05, 4.69) is 65.0 Å². The number of ether oxygens (including phenoxy) is 2. The summed E-state index contributed by atoms with van der Waals surface area (Å²) in [6.07, 6.45) is -11.2. The molecular formula is C24H28F2N10O10P2S2. The molecule has 0 aromatic carbocycles. The first-order chi connectivity index (χ1) is 23.9. The molecule has 50 heavy (non-hydrogen) atoms. The topological polar surface area (TPSA) is 241 Å². The zero-order chi connectivity index (χ0) is 34.9. The molecule has 3 fully saturated rings. The summed E-state index contributed by atoms with van der Waals surface area (Å²) in [6, 6.07) is 0. The van der Waals surface area contributed by atoms with Crippen LogP contribution in [0, 0.1) is 0 Å². The second-order valence-corrected chi connectivity index (χ2v) is 17.4. The third-order valence-electron chi connectivity index (χ3n) is 8.51. The summed E-state index contributed by atoms with van der Waals surface area (Å²) in [5.41, 5.74) is 0.492. The molecule has 20 nitrogen and oxygen atoms in total. The standard InChI is InChI=1S/C24H28F2N10O10P2S2/c25-13-17-11-3-41-48(40,50)46-18-12(4-42-47(39,49)45-17)44-24(14(18)26)36-8-34-16-20(30-6-32-22(16)36)28-2-10(38)9(37)1-27-19-15-21(31-5-29-19)35(7-33-15)23(13)43-11/h5-14,17-18,23-24,37-38H,1-4H2,(H,39,49)(H,40,50)(H,27,29,31)(H,28,30,32)/t9-,10-,11+,12?,13+,14+,17+,18+,23?,24+,47-,48+/m0/s1. The van der Waals surface area contributed by atoms with Crippen LogP contribution in [-0.4, -0.2) is 125 Å². The quantitative estimate of drug-likeness (QED) is 0.110. The summed E-state index contributed by atoms with van der Waals surface area (Å²) in [6.45, 7) is -10.6. The summed E-state index contributed by atoms with van der Waals surface area (Å²) < 4.78 is 95.8. The smallest absolute Gasteiger partial charge is 0.386 e. The number of aromatic nitrogens is 8. The highest BCUT2D eigenvalue weighted by Crippen LogP contribution is 2.60. The third kappa shape index (κ3) is 6.28. The van der Waals surface area contributed by atoms with Crippen molar-refractivity contribution < 1.29 is 55.7 Å². The number of hydrogen-bond acceptors (Lipinski definition) is 18. The number of imidazole rings is 2. The SMILES string of the molecule is O=[P@]1(S)OCC2O[C@@H]3[C@H](F)[C@@H]2O[P@](=O)(S)OC[C@H]2OC([C@H](F)[C@@H]2O1)n1cnc2c(ncnc21)NC[C@H](O)[C@@H](O)CNc1ncnc2c1ncn23. The fourth-order valence-electron chi connectivity index (χ4n) is 6.07. The van der Waals surface area contributed by atoms with E-state index in [0.717, 1.165) is 12.7 Å². The van der Waals surface area contributed by atoms with Crippen molar-refractivity contribution in [1.82, 2.24) is 39.0 Å². The second-order valence-electron chi connectivity index (χ2n) is 11.7. The number of hydrogen-bond donors (Lipinski definition) is 6. The fraction of sp³-hybridized carbons (Fsp3) is 0.583. The molecule has 26 heteroatoms. The number of fused-ring (bicyclic) bond motifs is 11. The van der Waals surface area contributed by atoms with Crippen molar-refractivity contribution in [3.63, 3.8) is 0 Å². The molecule has 5 aliphatic heterocycles. The molecule has 4 N–H and O–H groups in total. The Bertz CT molecular complexity index is 1880. The maximum absolute atomic E-state index is 16.3. The van der Waals surface area contributed by atoms with Gasteiger partial charge in [-0.25, -0.2) is 47.8 Å². The molecule has 0 radical (unpaired) electrons. The van der Waals surface area contributed by atoms with E-state index >= 15 is 8.78 Å². The lowest BCUT2D eigenvalue weighted by Gasteiger charge is -2.28. The van der Waals surface area contributed by atoms with E-state index in [1.54, 1.807) is 0 Å². The predicted molar refractivity (Wildman–Crippen MR) is 172 cm³/mol. The number of rotatable bonds is 0. The van der Waals surface area contributed by atoms with Crippen LogP contribution in [-0.2, 0) is 36.7 Å². The average molecular weight is 781 g/mol. The number of nitrogens with one attached hydrogen (secondary N) is 2. The largest absolute Gasteiger partial charge is 0.389 e. The highest BCUT2D eigenvalue weighted by atomic mass is 32.7. The fourth-order valence-corrected chi connectivity index (χ4v) is 9.03. The van der Waals surface area contributed by atoms with E-state index in [4.69, 9.17) is 27.6 Å². The Balaban J connectivity index is 1.21. The normalized spacial score (nSPS) is 39.6. The lowest BCUT2D eigenvalue weighted by Crippen LogP contribution is -2.37. The first kappa shape index (κ1) is 34.5. The van der Waals surface area contributed by atoms with Crippen molar-refractivity contribution in [1.29, 1.82) is 0 Å². The lowest BCUT2D eigenvalue weighted by molar-refractivity contribution is -0.0544. The van der Waals surface area contributed by atoms with Gasteiger partial charge in [0.1, 0.15) is 37.1 Å². The Morgan fingerprint density at radius 3 is 1.56 bits per heavy atom. The van der Waals surface area contributed by atoms with Crippen LogP contribution < -0.4 is 10.6 Å². The van der Waals surface area contributed by atoms with E-state index < -0.39 is 88.2 Å². The minimum Gasteiger partial charge on any atom is -0.389 e. The van der Waals surface area contributed by atoms with Gasteiger partial charge in [0.25, 0.3) is 0 Å². The van der Waals surface area contributed by atoms with Crippen LogP contribution in [0.5, 0.6) is 0 Å². The molecule has 3 saturated heterocycles. The summed E-state index contributed by atoms with van der Waals surface area (Å²) >= 11 is 8.06. The summed E-state index contributed by atoms with van der Waals surface area (Å²) in [7, 11) is 0. The van der Waals surface area contributed by atoms with Gasteiger partial charge in [-0.05, 0) is 0 Å². The molecule has 14 bridgehead atoms. The maximum Gasteiger partial charge on any atom is 0.386 e. The van der Waals surface area contributed by atoms with Crippen LogP contribution >= 0.6 is 38.1 Å². The molecular weight excluding hydrogens is 752 g/mol. The molecule has 270 valence electrons. The number of aliphatic hydroxyl groups excluding tert-OH is 2. The van der Waals surface area contributed by atoms with Crippen molar-refractivity contribution >= 4 is 72.1 Å². The van der Waals surface area contributed by atoms with Crippen molar-refractivity contribution in [3.8, 4) is 0 Å². The van der Waals surface area contributed by atoms with Crippen molar-refractivity contribution in [2.24, 2.45) is 0 Å². The summed E-state index contributed by atoms with van der Waals surface area (Å²) in [4.78, 5) is 25.3. The molecule has 0 amide bonds. The zero-order valence-electron chi connectivity index (χ0n) is 25.2. The van der Waals surface area contributed by atoms with Crippen molar-refractivity contribution in [2.45, 2.75) is 61.4 Å². The van der Waals surface area contributed by atoms with Crippen LogP contribution in [0.4, 0.5) is 20.4 Å². The van der Waals surface area contributed by atoms with Gasteiger partial charge in [-0.3, -0.25) is 27.2 Å². The molecule has 2 unspecified atom stereocenters. The van der Waals surface area contributed by atoms with Gasteiger partial charge in [0.15, 0.2) is 58.8 Å². The first-order valence-electron chi connectivity index (χ1n) is 15.0. The van der Waals surface area contributed by atoms with Crippen molar-refractivity contribution in [3.05, 3.63) is 25.3 Å². The number of anilines is 2. The predicted octanol–water partition coefficient (Wildman–Crippen LogP) is 1.59. The van der Waals surface area contributed by atoms with Gasteiger partial charge in [-0.1, -0.05) is 24.5 Å². The molecule has 4 aromatic rings. The van der Waals surface area contributed by atoms with Crippen LogP contribution in [0.1, 0.15) is 12.5 Å². The molecule has 9 rings (SSSR count). The number of alkyl halides is 2. The lowest BCUT2D eigenvalue weighted by atomic mass is 10.1. The number of thiol groups is 2. The zero-order valence-corrected chi connectivity index (χ0v) is 28.8. The van der Waals surface area contributed by atoms with Crippen LogP contribution in [0.2, 0.25) is 0 Å². The van der Waals surface area contributed by atoms with Gasteiger partial charge in [0.2, 0.25) is 0 Å². The second kappa shape index (κ2) is 13.1. The Labute approximate surface area is 290 Å². The highest BCUT2D eigenvalue weighted by molar-refractivity contribution is 8.44. The Kier molecular flexibility index (Phi) is 9.04. The summed E-state index contributed by atoms with van der Waals surface area (Å²) in [5.74, 6) is 0.292. The molecule has 12 atom stereocenters. The minimum absolute atomic E-state index is 0.0915. The van der Waals surface area contributed by atoms with Gasteiger partial charge < -0.3 is 30.3 Å². The van der Waals surface area contributed by atoms with Gasteiger partial charge in [-0.2, -0.15) is 0 Å². The average Bonchev–Trinajstić information content (AvgIpc) is 3.85. The molecule has 5 aliphatic rings. The highest BCUT2D eigenvalue weighted by Gasteiger charge is 2.54. The van der Waals surface area contributed by atoms with Crippen molar-refractivity contribution in [2.75, 3.05) is 36.9 Å². The van der Waals surface area contributed by atoms with Gasteiger partial charge in [0, 0.05) is 13.1 Å². The van der Waals surface area contributed by atoms with Crippen LogP contribution in [0.25, 0.3) is 22.3 Å². The van der Waals surface area contributed by atoms with E-state index in [-0.39, 0.29) is 47.1 Å². The van der Waals surface area contributed by atoms with E-state index in [1.165, 1.54) is 21.8 Å². The molecule has 0 saturated carbocycles. The third-order valence-corrected chi connectivity index (χ3v) is 11.7. The monoisotopic (exact) mass is 780 g/mol. The number of nitrogens with zero attached hydrogens (tertiary/aromatic N) is 8. The molecule has 0 spiro atoms. The molecule has 0 aliphatic carbocycles. The number of halogens is 2. The minimum atomic E-state index is -4.43. The van der Waals surface area contributed by atoms with Gasteiger partial charge >= 0.3 is 13.6 Å². The Morgan fingerprint density at radius 2 is 1.14 bits per heavy atom. The Morgan fingerprint density at radius 1 is 0.720 bits per heavy atom. The molecule has 9 heterocycles. The first-order valence-corrected chi connectivity index (χ1v) is 20.4.